The van der Waals surface area contributed by atoms with E-state index in [-0.39, 0.29) is 24.8 Å². The number of benzene rings is 1. The van der Waals surface area contributed by atoms with Gasteiger partial charge >= 0.3 is 0 Å². The van der Waals surface area contributed by atoms with Crippen LogP contribution < -0.4 is 11.1 Å². The number of hydrogen-bond acceptors (Lipinski definition) is 4. The molecule has 0 aliphatic rings. The van der Waals surface area contributed by atoms with Crippen molar-refractivity contribution in [1.82, 2.24) is 10.2 Å². The van der Waals surface area contributed by atoms with Crippen molar-refractivity contribution in [3.63, 3.8) is 0 Å². The zero-order valence-corrected chi connectivity index (χ0v) is 10.9. The molecule has 17 heavy (non-hydrogen) atoms. The molecule has 0 bridgehead atoms. The van der Waals surface area contributed by atoms with Crippen molar-refractivity contribution in [3.8, 4) is 0 Å². The fourth-order valence-electron chi connectivity index (χ4n) is 1.47. The molecule has 2 rings (SSSR count). The molecule has 3 N–H and O–H groups in total. The number of nitrogens with two attached hydrogens (primary N) is 1. The maximum Gasteiger partial charge on any atom is 0.156 e. The predicted octanol–water partition coefficient (Wildman–Crippen LogP) is 2.23. The van der Waals surface area contributed by atoms with Crippen molar-refractivity contribution in [3.05, 3.63) is 30.5 Å². The molecule has 0 atom stereocenters. The van der Waals surface area contributed by atoms with Crippen LogP contribution in [-0.4, -0.2) is 23.3 Å². The Morgan fingerprint density at radius 2 is 1.94 bits per heavy atom. The summed E-state index contributed by atoms with van der Waals surface area (Å²) < 4.78 is 0. The summed E-state index contributed by atoms with van der Waals surface area (Å²) in [6.07, 6.45) is 2.70. The van der Waals surface area contributed by atoms with Crippen LogP contribution in [0.5, 0.6) is 0 Å². The van der Waals surface area contributed by atoms with E-state index >= 15 is 0 Å². The fraction of sp³-hybridized carbons (Fsp3) is 0.273. The molecule has 0 unspecified atom stereocenters. The molecule has 4 nitrogen and oxygen atoms in total. The van der Waals surface area contributed by atoms with E-state index in [9.17, 15) is 0 Å². The lowest BCUT2D eigenvalue weighted by atomic mass is 10.2. The highest BCUT2D eigenvalue weighted by atomic mass is 35.5. The molecule has 0 amide bonds. The summed E-state index contributed by atoms with van der Waals surface area (Å²) in [6.45, 7) is 1.52. The minimum Gasteiger partial charge on any atom is -0.368 e. The van der Waals surface area contributed by atoms with Gasteiger partial charge in [-0.05, 0) is 13.0 Å². The standard InChI is InChI=1S/C11H14N4.2ClH/c12-6-3-7-13-11-10-5-2-1-4-9(10)8-14-15-11;;/h1-2,4-5,8H,3,6-7,12H2,(H,13,15);2*1H. The molecule has 0 aliphatic heterocycles. The van der Waals surface area contributed by atoms with E-state index in [0.717, 1.165) is 29.6 Å². The van der Waals surface area contributed by atoms with Gasteiger partial charge in [-0.15, -0.1) is 29.9 Å². The third-order valence-corrected chi connectivity index (χ3v) is 2.24. The van der Waals surface area contributed by atoms with Gasteiger partial charge in [0.15, 0.2) is 5.82 Å². The van der Waals surface area contributed by atoms with E-state index in [0.29, 0.717) is 6.54 Å². The van der Waals surface area contributed by atoms with E-state index in [1.807, 2.05) is 24.3 Å². The predicted molar refractivity (Wildman–Crippen MR) is 76.2 cm³/mol. The third-order valence-electron chi connectivity index (χ3n) is 2.24. The van der Waals surface area contributed by atoms with Crippen molar-refractivity contribution in [2.75, 3.05) is 18.4 Å². The zero-order chi connectivity index (χ0) is 10.5. The van der Waals surface area contributed by atoms with E-state index < -0.39 is 0 Å². The average molecular weight is 275 g/mol. The number of hydrogen-bond donors (Lipinski definition) is 2. The molecule has 0 spiro atoms. The highest BCUT2D eigenvalue weighted by Gasteiger charge is 2.00. The average Bonchev–Trinajstić information content (AvgIpc) is 2.30. The second kappa shape index (κ2) is 8.06. The van der Waals surface area contributed by atoms with Gasteiger partial charge in [-0.2, -0.15) is 5.10 Å². The second-order valence-corrected chi connectivity index (χ2v) is 3.35. The largest absolute Gasteiger partial charge is 0.368 e. The second-order valence-electron chi connectivity index (χ2n) is 3.35. The number of fused-ring (bicyclic) bond motifs is 1. The van der Waals surface area contributed by atoms with Gasteiger partial charge in [0.1, 0.15) is 0 Å². The summed E-state index contributed by atoms with van der Waals surface area (Å²) >= 11 is 0. The summed E-state index contributed by atoms with van der Waals surface area (Å²) in [4.78, 5) is 0. The summed E-state index contributed by atoms with van der Waals surface area (Å²) in [5.74, 6) is 0.835. The first-order valence-corrected chi connectivity index (χ1v) is 5.06. The molecule has 1 aromatic carbocycles. The van der Waals surface area contributed by atoms with Gasteiger partial charge in [0.2, 0.25) is 0 Å². The van der Waals surface area contributed by atoms with Crippen LogP contribution in [0.3, 0.4) is 0 Å². The zero-order valence-electron chi connectivity index (χ0n) is 9.30. The van der Waals surface area contributed by atoms with E-state index in [1.165, 1.54) is 0 Å². The van der Waals surface area contributed by atoms with Crippen LogP contribution in [0.4, 0.5) is 5.82 Å². The molecular weight excluding hydrogens is 259 g/mol. The van der Waals surface area contributed by atoms with Crippen LogP contribution in [0.2, 0.25) is 0 Å². The van der Waals surface area contributed by atoms with Crippen LogP contribution in [0.25, 0.3) is 10.8 Å². The van der Waals surface area contributed by atoms with E-state index in [1.54, 1.807) is 6.20 Å². The summed E-state index contributed by atoms with van der Waals surface area (Å²) in [5.41, 5.74) is 5.43. The molecule has 0 fully saturated rings. The van der Waals surface area contributed by atoms with Crippen molar-refractivity contribution in [1.29, 1.82) is 0 Å². The Morgan fingerprint density at radius 3 is 2.71 bits per heavy atom. The molecular formula is C11H16Cl2N4. The molecule has 0 saturated heterocycles. The van der Waals surface area contributed by atoms with E-state index in [2.05, 4.69) is 15.5 Å². The Labute approximate surface area is 113 Å². The van der Waals surface area contributed by atoms with Crippen LogP contribution in [0.1, 0.15) is 6.42 Å². The van der Waals surface area contributed by atoms with Crippen molar-refractivity contribution in [2.24, 2.45) is 5.73 Å². The Balaban J connectivity index is 0.00000128. The Bertz CT molecular complexity index is 445. The van der Waals surface area contributed by atoms with Gasteiger partial charge < -0.3 is 11.1 Å². The molecule has 0 aliphatic carbocycles. The monoisotopic (exact) mass is 274 g/mol. The molecule has 1 heterocycles. The first kappa shape index (κ1) is 15.9. The normalized spacial score (nSPS) is 9.24. The SMILES string of the molecule is Cl.Cl.NCCCNc1nncc2ccccc12. The summed E-state index contributed by atoms with van der Waals surface area (Å²) in [6, 6.07) is 8.05. The van der Waals surface area contributed by atoms with Gasteiger partial charge in [-0.3, -0.25) is 0 Å². The third kappa shape index (κ3) is 4.00. The maximum atomic E-state index is 5.43. The highest BCUT2D eigenvalue weighted by molar-refractivity contribution is 5.90. The smallest absolute Gasteiger partial charge is 0.156 e. The van der Waals surface area contributed by atoms with Gasteiger partial charge in [0.25, 0.3) is 0 Å². The molecule has 0 saturated carbocycles. The Hall–Kier alpha value is -1.10. The number of anilines is 1. The minimum atomic E-state index is 0. The lowest BCUT2D eigenvalue weighted by Gasteiger charge is -2.06. The topological polar surface area (TPSA) is 63.8 Å². The number of aromatic nitrogens is 2. The first-order chi connectivity index (χ1) is 7.42. The molecule has 2 aromatic rings. The van der Waals surface area contributed by atoms with E-state index in [4.69, 9.17) is 5.73 Å². The fourth-order valence-corrected chi connectivity index (χ4v) is 1.47. The number of halogens is 2. The molecule has 6 heteroatoms. The quantitative estimate of drug-likeness (QED) is 0.840. The van der Waals surface area contributed by atoms with Crippen LogP contribution in [0.15, 0.2) is 30.5 Å². The van der Waals surface area contributed by atoms with Crippen molar-refractivity contribution in [2.45, 2.75) is 6.42 Å². The minimum absolute atomic E-state index is 0. The number of nitrogens with one attached hydrogen (secondary N) is 1. The van der Waals surface area contributed by atoms with Gasteiger partial charge in [0.05, 0.1) is 6.20 Å². The Kier molecular flexibility index (Phi) is 7.54. The van der Waals surface area contributed by atoms with Gasteiger partial charge in [0, 0.05) is 17.3 Å². The highest BCUT2D eigenvalue weighted by Crippen LogP contribution is 2.18. The molecule has 94 valence electrons. The Morgan fingerprint density at radius 1 is 1.18 bits per heavy atom. The maximum absolute atomic E-state index is 5.43. The molecule has 0 radical (unpaired) electrons. The lowest BCUT2D eigenvalue weighted by Crippen LogP contribution is -2.09. The van der Waals surface area contributed by atoms with Gasteiger partial charge in [-0.25, -0.2) is 0 Å². The van der Waals surface area contributed by atoms with Crippen LogP contribution >= 0.6 is 24.8 Å². The van der Waals surface area contributed by atoms with Crippen LogP contribution in [0, 0.1) is 0 Å². The number of rotatable bonds is 4. The summed E-state index contributed by atoms with van der Waals surface area (Å²) in [7, 11) is 0. The van der Waals surface area contributed by atoms with Crippen LogP contribution in [-0.2, 0) is 0 Å². The molecule has 1 aromatic heterocycles. The lowest BCUT2D eigenvalue weighted by molar-refractivity contribution is 0.866. The number of nitrogens with zero attached hydrogens (tertiary/aromatic N) is 2. The summed E-state index contributed by atoms with van der Waals surface area (Å²) in [5, 5.41) is 13.5. The van der Waals surface area contributed by atoms with Gasteiger partial charge in [-0.1, -0.05) is 24.3 Å². The first-order valence-electron chi connectivity index (χ1n) is 5.06. The van der Waals surface area contributed by atoms with Crippen molar-refractivity contribution < 1.29 is 0 Å². The van der Waals surface area contributed by atoms with Crippen molar-refractivity contribution >= 4 is 41.4 Å².